The van der Waals surface area contributed by atoms with E-state index in [1.165, 1.54) is 12.7 Å². The van der Waals surface area contributed by atoms with Gasteiger partial charge in [-0.3, -0.25) is 4.79 Å². The Morgan fingerprint density at radius 1 is 1.29 bits per heavy atom. The molecule has 0 amide bonds. The zero-order valence-electron chi connectivity index (χ0n) is 15.0. The second kappa shape index (κ2) is 7.51. The molecule has 0 aromatic heterocycles. The molecule has 1 aliphatic rings. The lowest BCUT2D eigenvalue weighted by atomic mass is 9.90. The first-order valence-electron chi connectivity index (χ1n) is 8.12. The number of cyclic esters (lactones) is 1. The normalized spacial score (nSPS) is 13.5. The predicted molar refractivity (Wildman–Crippen MR) is 93.3 cm³/mol. The van der Waals surface area contributed by atoms with Crippen LogP contribution in [0.1, 0.15) is 52.4 Å². The zero-order chi connectivity index (χ0) is 17.9. The van der Waals surface area contributed by atoms with Crippen molar-refractivity contribution in [2.45, 2.75) is 46.6 Å². The highest BCUT2D eigenvalue weighted by molar-refractivity contribution is 6.01. The molecule has 130 valence electrons. The minimum atomic E-state index is -0.259. The summed E-state index contributed by atoms with van der Waals surface area (Å²) < 4.78 is 9.88. The highest BCUT2D eigenvalue weighted by Gasteiger charge is 2.29. The molecule has 1 aliphatic heterocycles. The standard InChI is InChI=1S/C19H25NO4/c1-11(7-9-16(21)23-5)6-8-14-12(2)13(3)15-10-24-19(22)17(15)18(14)20-4/h6,20H,7-10H2,1-5H3. The van der Waals surface area contributed by atoms with Gasteiger partial charge >= 0.3 is 11.9 Å². The van der Waals surface area contributed by atoms with Gasteiger partial charge in [-0.2, -0.15) is 0 Å². The largest absolute Gasteiger partial charge is 0.469 e. The molecule has 2 rings (SSSR count). The van der Waals surface area contributed by atoms with Crippen LogP contribution in [-0.4, -0.2) is 26.1 Å². The first kappa shape index (κ1) is 18.0. The van der Waals surface area contributed by atoms with E-state index in [0.717, 1.165) is 28.0 Å². The van der Waals surface area contributed by atoms with Gasteiger partial charge < -0.3 is 14.8 Å². The molecule has 0 saturated heterocycles. The van der Waals surface area contributed by atoms with Gasteiger partial charge in [-0.25, -0.2) is 4.79 Å². The maximum absolute atomic E-state index is 12.1. The smallest absolute Gasteiger partial charge is 0.341 e. The molecule has 5 nitrogen and oxygen atoms in total. The average molecular weight is 331 g/mol. The van der Waals surface area contributed by atoms with Gasteiger partial charge in [0.2, 0.25) is 0 Å². The summed E-state index contributed by atoms with van der Waals surface area (Å²) in [6.07, 6.45) is 3.87. The molecule has 5 heteroatoms. The average Bonchev–Trinajstić information content (AvgIpc) is 2.96. The molecule has 1 N–H and O–H groups in total. The van der Waals surface area contributed by atoms with Gasteiger partial charge in [0.05, 0.1) is 18.4 Å². The van der Waals surface area contributed by atoms with Crippen molar-refractivity contribution in [3.8, 4) is 0 Å². The van der Waals surface area contributed by atoms with Gasteiger partial charge in [-0.05, 0) is 50.3 Å². The maximum atomic E-state index is 12.1. The van der Waals surface area contributed by atoms with Crippen LogP contribution in [0, 0.1) is 13.8 Å². The molecule has 0 saturated carbocycles. The Balaban J connectivity index is 2.31. The van der Waals surface area contributed by atoms with Gasteiger partial charge in [0, 0.05) is 19.0 Å². The minimum Gasteiger partial charge on any atom is -0.469 e. The first-order chi connectivity index (χ1) is 11.4. The Hall–Kier alpha value is -2.30. The van der Waals surface area contributed by atoms with Crippen LogP contribution in [-0.2, 0) is 27.3 Å². The summed E-state index contributed by atoms with van der Waals surface area (Å²) in [6.45, 7) is 6.47. The maximum Gasteiger partial charge on any atom is 0.341 e. The molecule has 0 bridgehead atoms. The van der Waals surface area contributed by atoms with Gasteiger partial charge in [0.25, 0.3) is 0 Å². The van der Waals surface area contributed by atoms with E-state index < -0.39 is 0 Å². The quantitative estimate of drug-likeness (QED) is 0.639. The molecule has 0 unspecified atom stereocenters. The fraction of sp³-hybridized carbons (Fsp3) is 0.474. The third-order valence-electron chi connectivity index (χ3n) is 4.73. The van der Waals surface area contributed by atoms with E-state index in [1.807, 2.05) is 20.9 Å². The lowest BCUT2D eigenvalue weighted by Crippen LogP contribution is -2.08. The summed E-state index contributed by atoms with van der Waals surface area (Å²) in [7, 11) is 3.23. The van der Waals surface area contributed by atoms with Crippen molar-refractivity contribution in [1.29, 1.82) is 0 Å². The Morgan fingerprint density at radius 3 is 2.62 bits per heavy atom. The number of anilines is 1. The van der Waals surface area contributed by atoms with E-state index in [9.17, 15) is 9.59 Å². The van der Waals surface area contributed by atoms with E-state index in [0.29, 0.717) is 31.4 Å². The molecule has 1 aromatic rings. The Labute approximate surface area is 143 Å². The van der Waals surface area contributed by atoms with Crippen LogP contribution in [0.15, 0.2) is 11.6 Å². The van der Waals surface area contributed by atoms with Crippen molar-refractivity contribution in [3.05, 3.63) is 39.5 Å². The third-order valence-corrected chi connectivity index (χ3v) is 4.73. The second-order valence-corrected chi connectivity index (χ2v) is 6.11. The molecule has 0 spiro atoms. The zero-order valence-corrected chi connectivity index (χ0v) is 15.0. The molecular formula is C19H25NO4. The molecule has 0 radical (unpaired) electrons. The number of hydrogen-bond donors (Lipinski definition) is 1. The van der Waals surface area contributed by atoms with Crippen molar-refractivity contribution >= 4 is 17.6 Å². The summed E-state index contributed by atoms with van der Waals surface area (Å²) in [5, 5.41) is 3.17. The molecule has 0 fully saturated rings. The monoisotopic (exact) mass is 331 g/mol. The Morgan fingerprint density at radius 2 is 2.00 bits per heavy atom. The second-order valence-electron chi connectivity index (χ2n) is 6.11. The van der Waals surface area contributed by atoms with Gasteiger partial charge in [0.15, 0.2) is 0 Å². The number of rotatable bonds is 6. The molecule has 1 heterocycles. The molecule has 24 heavy (non-hydrogen) atoms. The summed E-state index contributed by atoms with van der Waals surface area (Å²) in [4.78, 5) is 23.3. The van der Waals surface area contributed by atoms with Crippen LogP contribution >= 0.6 is 0 Å². The summed E-state index contributed by atoms with van der Waals surface area (Å²) in [5.41, 5.74) is 7.02. The first-order valence-corrected chi connectivity index (χ1v) is 8.12. The lowest BCUT2D eigenvalue weighted by molar-refractivity contribution is -0.140. The number of carbonyl (C=O) groups is 2. The van der Waals surface area contributed by atoms with E-state index in [1.54, 1.807) is 0 Å². The molecule has 1 aromatic carbocycles. The topological polar surface area (TPSA) is 64.6 Å². The van der Waals surface area contributed by atoms with Crippen LogP contribution in [0.2, 0.25) is 0 Å². The van der Waals surface area contributed by atoms with Crippen molar-refractivity contribution in [2.75, 3.05) is 19.5 Å². The fourth-order valence-corrected chi connectivity index (χ4v) is 3.06. The highest BCUT2D eigenvalue weighted by Crippen LogP contribution is 2.36. The van der Waals surface area contributed by atoms with Crippen LogP contribution in [0.3, 0.4) is 0 Å². The van der Waals surface area contributed by atoms with Crippen molar-refractivity contribution < 1.29 is 19.1 Å². The van der Waals surface area contributed by atoms with Gasteiger partial charge in [-0.1, -0.05) is 11.6 Å². The number of carbonyl (C=O) groups excluding carboxylic acids is 2. The van der Waals surface area contributed by atoms with E-state index >= 15 is 0 Å². The van der Waals surface area contributed by atoms with E-state index in [4.69, 9.17) is 4.74 Å². The van der Waals surface area contributed by atoms with Crippen LogP contribution < -0.4 is 5.32 Å². The van der Waals surface area contributed by atoms with Crippen LogP contribution in [0.4, 0.5) is 5.69 Å². The van der Waals surface area contributed by atoms with Crippen LogP contribution in [0.5, 0.6) is 0 Å². The summed E-state index contributed by atoms with van der Waals surface area (Å²) in [5.74, 6) is -0.462. The number of benzene rings is 1. The van der Waals surface area contributed by atoms with Crippen molar-refractivity contribution in [3.63, 3.8) is 0 Å². The van der Waals surface area contributed by atoms with Crippen molar-refractivity contribution in [1.82, 2.24) is 0 Å². The number of esters is 2. The molecular weight excluding hydrogens is 306 g/mol. The van der Waals surface area contributed by atoms with Crippen LogP contribution in [0.25, 0.3) is 0 Å². The van der Waals surface area contributed by atoms with Crippen molar-refractivity contribution in [2.24, 2.45) is 0 Å². The van der Waals surface area contributed by atoms with Gasteiger partial charge in [-0.15, -0.1) is 0 Å². The Bertz CT molecular complexity index is 704. The predicted octanol–water partition coefficient (Wildman–Crippen LogP) is 3.46. The Kier molecular flexibility index (Phi) is 5.65. The molecule has 0 atom stereocenters. The number of fused-ring (bicyclic) bond motifs is 1. The number of hydrogen-bond acceptors (Lipinski definition) is 5. The number of ether oxygens (including phenoxy) is 2. The van der Waals surface area contributed by atoms with Gasteiger partial charge in [0.1, 0.15) is 6.61 Å². The third kappa shape index (κ3) is 3.45. The minimum absolute atomic E-state index is 0.203. The van der Waals surface area contributed by atoms with E-state index in [-0.39, 0.29) is 11.9 Å². The summed E-state index contributed by atoms with van der Waals surface area (Å²) >= 11 is 0. The molecule has 0 aliphatic carbocycles. The number of nitrogens with one attached hydrogen (secondary N) is 1. The number of allylic oxidation sites excluding steroid dienone is 2. The van der Waals surface area contributed by atoms with E-state index in [2.05, 4.69) is 23.1 Å². The fourth-order valence-electron chi connectivity index (χ4n) is 3.06. The SMILES string of the molecule is CNc1c(CC=C(C)CCC(=O)OC)c(C)c(C)c2c1C(=O)OC2. The summed E-state index contributed by atoms with van der Waals surface area (Å²) in [6, 6.07) is 0. The highest BCUT2D eigenvalue weighted by atomic mass is 16.5. The lowest BCUT2D eigenvalue weighted by Gasteiger charge is -2.17. The number of methoxy groups -OCH3 is 1.